The van der Waals surface area contributed by atoms with E-state index < -0.39 is 5.97 Å². The Bertz CT molecular complexity index is 629. The summed E-state index contributed by atoms with van der Waals surface area (Å²) in [5.74, 6) is 1.13. The molecule has 148 valence electrons. The van der Waals surface area contributed by atoms with Crippen LogP contribution in [0.5, 0.6) is 0 Å². The maximum Gasteiger partial charge on any atom is 0.338 e. The van der Waals surface area contributed by atoms with Crippen molar-refractivity contribution >= 4 is 41.4 Å². The van der Waals surface area contributed by atoms with Crippen LogP contribution in [0.4, 0.5) is 0 Å². The second-order valence-corrected chi connectivity index (χ2v) is 8.61. The van der Waals surface area contributed by atoms with Gasteiger partial charge in [0.25, 0.3) is 5.91 Å². The number of hydrogen-bond donors (Lipinski definition) is 1. The summed E-state index contributed by atoms with van der Waals surface area (Å²) in [6.07, 6.45) is 1.97. The van der Waals surface area contributed by atoms with Gasteiger partial charge in [0.2, 0.25) is 0 Å². The third-order valence-corrected chi connectivity index (χ3v) is 6.78. The van der Waals surface area contributed by atoms with Crippen molar-refractivity contribution in [1.82, 2.24) is 5.32 Å². The summed E-state index contributed by atoms with van der Waals surface area (Å²) in [4.78, 5) is 34.9. The van der Waals surface area contributed by atoms with E-state index in [2.05, 4.69) is 5.32 Å². The van der Waals surface area contributed by atoms with E-state index in [4.69, 9.17) is 9.47 Å². The minimum Gasteiger partial charge on any atom is -0.466 e. The van der Waals surface area contributed by atoms with Gasteiger partial charge in [0, 0.05) is 13.0 Å². The molecule has 1 aromatic rings. The van der Waals surface area contributed by atoms with Gasteiger partial charge in [-0.1, -0.05) is 12.1 Å². The number of hydrogen-bond acceptors (Lipinski definition) is 7. The highest BCUT2D eigenvalue weighted by atomic mass is 32.2. The summed E-state index contributed by atoms with van der Waals surface area (Å²) in [7, 11) is 0. The lowest BCUT2D eigenvalue weighted by atomic mass is 10.1. The minimum absolute atomic E-state index is 0.248. The zero-order valence-corrected chi connectivity index (χ0v) is 17.0. The summed E-state index contributed by atoms with van der Waals surface area (Å²) in [5, 5.41) is 2.61. The van der Waals surface area contributed by atoms with Gasteiger partial charge >= 0.3 is 11.9 Å². The van der Waals surface area contributed by atoms with Gasteiger partial charge in [-0.05, 0) is 49.0 Å². The predicted octanol–water partition coefficient (Wildman–Crippen LogP) is 3.17. The number of amides is 1. The van der Waals surface area contributed by atoms with Crippen LogP contribution in [0.3, 0.4) is 0 Å². The zero-order chi connectivity index (χ0) is 19.5. The van der Waals surface area contributed by atoms with Crippen molar-refractivity contribution in [3.05, 3.63) is 35.4 Å². The fourth-order valence-electron chi connectivity index (χ4n) is 2.42. The van der Waals surface area contributed by atoms with E-state index in [0.717, 1.165) is 11.5 Å². The number of rotatable bonds is 9. The van der Waals surface area contributed by atoms with Crippen molar-refractivity contribution in [2.45, 2.75) is 30.8 Å². The summed E-state index contributed by atoms with van der Waals surface area (Å²) in [5.41, 5.74) is 1.63. The number of nitrogens with one attached hydrogen (secondary N) is 1. The highest BCUT2D eigenvalue weighted by Gasteiger charge is 2.17. The number of carbonyl (C=O) groups excluding carboxylic acids is 3. The zero-order valence-electron chi connectivity index (χ0n) is 15.4. The Kier molecular flexibility index (Phi) is 9.55. The van der Waals surface area contributed by atoms with Crippen LogP contribution in [0.15, 0.2) is 24.3 Å². The quantitative estimate of drug-likeness (QED) is 0.494. The number of esters is 2. The number of benzene rings is 1. The Balaban J connectivity index is 1.67. The van der Waals surface area contributed by atoms with Gasteiger partial charge in [0.05, 0.1) is 16.8 Å². The minimum atomic E-state index is -0.521. The molecule has 1 fully saturated rings. The van der Waals surface area contributed by atoms with Crippen LogP contribution in [0, 0.1) is 0 Å². The molecular weight excluding hydrogens is 386 g/mol. The molecule has 0 radical (unpaired) electrons. The molecule has 0 saturated carbocycles. The molecule has 27 heavy (non-hydrogen) atoms. The Hall–Kier alpha value is -1.67. The predicted molar refractivity (Wildman–Crippen MR) is 108 cm³/mol. The average molecular weight is 412 g/mol. The first kappa shape index (κ1) is 21.6. The molecule has 0 aliphatic carbocycles. The van der Waals surface area contributed by atoms with Crippen LogP contribution >= 0.6 is 23.5 Å². The normalized spacial score (nSPS) is 14.4. The third kappa shape index (κ3) is 7.84. The first-order chi connectivity index (χ1) is 13.1. The van der Waals surface area contributed by atoms with E-state index in [1.165, 1.54) is 12.0 Å². The van der Waals surface area contributed by atoms with Crippen LogP contribution < -0.4 is 5.32 Å². The Morgan fingerprint density at radius 3 is 2.48 bits per heavy atom. The van der Waals surface area contributed by atoms with Gasteiger partial charge < -0.3 is 14.8 Å². The summed E-state index contributed by atoms with van der Waals surface area (Å²) < 4.78 is 10.3. The van der Waals surface area contributed by atoms with Crippen molar-refractivity contribution in [3.63, 3.8) is 0 Å². The molecule has 2 rings (SSSR count). The monoisotopic (exact) mass is 411 g/mol. The van der Waals surface area contributed by atoms with E-state index in [-0.39, 0.29) is 24.9 Å². The number of carbonyl (C=O) groups is 3. The van der Waals surface area contributed by atoms with Gasteiger partial charge in [-0.15, -0.1) is 23.5 Å². The van der Waals surface area contributed by atoms with Crippen molar-refractivity contribution in [1.29, 1.82) is 0 Å². The molecule has 8 heteroatoms. The van der Waals surface area contributed by atoms with Crippen LogP contribution in [-0.2, 0) is 19.1 Å². The molecule has 1 aliphatic rings. The van der Waals surface area contributed by atoms with Crippen molar-refractivity contribution < 1.29 is 23.9 Å². The van der Waals surface area contributed by atoms with Crippen molar-refractivity contribution in [2.75, 3.05) is 31.3 Å². The Labute approximate surface area is 168 Å². The molecule has 1 amide bonds. The van der Waals surface area contributed by atoms with Crippen LogP contribution in [0.2, 0.25) is 0 Å². The Morgan fingerprint density at radius 1 is 1.11 bits per heavy atom. The molecule has 6 nitrogen and oxygen atoms in total. The molecule has 0 unspecified atom stereocenters. The van der Waals surface area contributed by atoms with E-state index in [1.54, 1.807) is 19.1 Å². The maximum absolute atomic E-state index is 12.1. The molecule has 0 bridgehead atoms. The Morgan fingerprint density at radius 2 is 1.81 bits per heavy atom. The fourth-order valence-corrected chi connectivity index (χ4v) is 5.31. The molecule has 1 saturated heterocycles. The average Bonchev–Trinajstić information content (AvgIpc) is 2.70. The summed E-state index contributed by atoms with van der Waals surface area (Å²) in [6.45, 7) is 2.09. The summed E-state index contributed by atoms with van der Waals surface area (Å²) in [6, 6.07) is 7.37. The smallest absolute Gasteiger partial charge is 0.338 e. The lowest BCUT2D eigenvalue weighted by Crippen LogP contribution is -2.30. The molecule has 1 aromatic carbocycles. The van der Waals surface area contributed by atoms with Crippen LogP contribution in [-0.4, -0.2) is 49.1 Å². The van der Waals surface area contributed by atoms with Crippen molar-refractivity contribution in [2.24, 2.45) is 0 Å². The third-order valence-electron chi connectivity index (χ3n) is 3.77. The van der Waals surface area contributed by atoms with Crippen LogP contribution in [0.25, 0.3) is 0 Å². The molecule has 0 atom stereocenters. The highest BCUT2D eigenvalue weighted by molar-refractivity contribution is 8.16. The first-order valence-corrected chi connectivity index (χ1v) is 11.1. The van der Waals surface area contributed by atoms with E-state index in [1.807, 2.05) is 35.7 Å². The molecule has 1 aliphatic heterocycles. The maximum atomic E-state index is 12.1. The van der Waals surface area contributed by atoms with Crippen LogP contribution in [0.1, 0.15) is 46.7 Å². The number of ether oxygens (including phenoxy) is 2. The summed E-state index contributed by atoms with van der Waals surface area (Å²) >= 11 is 3.85. The molecule has 1 N–H and O–H groups in total. The lowest BCUT2D eigenvalue weighted by Gasteiger charge is -2.21. The number of thioether (sulfide) groups is 2. The van der Waals surface area contributed by atoms with E-state index in [0.29, 0.717) is 29.7 Å². The lowest BCUT2D eigenvalue weighted by molar-refractivity contribution is -0.143. The largest absolute Gasteiger partial charge is 0.466 e. The topological polar surface area (TPSA) is 81.7 Å². The fraction of sp³-hybridized carbons (Fsp3) is 0.526. The van der Waals surface area contributed by atoms with Gasteiger partial charge in [0.15, 0.2) is 6.61 Å². The van der Waals surface area contributed by atoms with Gasteiger partial charge in [-0.25, -0.2) is 4.79 Å². The highest BCUT2D eigenvalue weighted by Crippen LogP contribution is 2.43. The van der Waals surface area contributed by atoms with Gasteiger partial charge in [0.1, 0.15) is 0 Å². The second kappa shape index (κ2) is 11.9. The van der Waals surface area contributed by atoms with E-state index >= 15 is 0 Å². The second-order valence-electron chi connectivity index (χ2n) is 5.88. The molecule has 0 aromatic heterocycles. The van der Waals surface area contributed by atoms with Gasteiger partial charge in [-0.2, -0.15) is 0 Å². The first-order valence-electron chi connectivity index (χ1n) is 9.02. The SMILES string of the molecule is CCOC(=O)CCCNC(=O)COC(=O)c1ccc(C2SCCCS2)cc1. The molecule has 0 spiro atoms. The van der Waals surface area contributed by atoms with E-state index in [9.17, 15) is 14.4 Å². The standard InChI is InChI=1S/C19H25NO5S2/c1-2-24-17(22)5-3-10-20-16(21)13-25-18(23)14-6-8-15(9-7-14)19-26-11-4-12-27-19/h6-9,19H,2-5,10-13H2,1H3,(H,20,21). The molecular formula is C19H25NO5S2. The molecule has 1 heterocycles. The van der Waals surface area contributed by atoms with Crippen molar-refractivity contribution in [3.8, 4) is 0 Å². The van der Waals surface area contributed by atoms with Gasteiger partial charge in [-0.3, -0.25) is 9.59 Å².